The van der Waals surface area contributed by atoms with E-state index in [0.29, 0.717) is 54.8 Å². The first kappa shape index (κ1) is 14.4. The van der Waals surface area contributed by atoms with Gasteiger partial charge in [0, 0.05) is 0 Å². The molecule has 3 rings (SSSR count). The third-order valence-corrected chi connectivity index (χ3v) is 4.72. The van der Waals surface area contributed by atoms with Gasteiger partial charge in [-0.05, 0) is 0 Å². The van der Waals surface area contributed by atoms with Crippen molar-refractivity contribution in [1.82, 2.24) is 17.6 Å². The van der Waals surface area contributed by atoms with Crippen LogP contribution in [-0.2, 0) is 0 Å². The number of rotatable bonds is 3. The molecule has 0 aliphatic rings. The summed E-state index contributed by atoms with van der Waals surface area (Å²) in [5.74, 6) is 0.496. The first-order valence-electron chi connectivity index (χ1n) is 5.94. The normalized spacial score (nSPS) is 10.7. The van der Waals surface area contributed by atoms with Gasteiger partial charge in [-0.2, -0.15) is 0 Å². The fourth-order valence-electron chi connectivity index (χ4n) is 2.11. The van der Waals surface area contributed by atoms with Crippen molar-refractivity contribution in [3.8, 4) is 17.1 Å². The van der Waals surface area contributed by atoms with Gasteiger partial charge >= 0.3 is 141 Å². The number of carbonyl (C=O) groups is 1. The second-order valence-electron chi connectivity index (χ2n) is 4.23. The molecular formula is C13H8ClN4O2Tl. The molecule has 3 aromatic rings. The maximum absolute atomic E-state index is 10.9. The summed E-state index contributed by atoms with van der Waals surface area (Å²) in [6.07, 6.45) is 2.26. The summed E-state index contributed by atoms with van der Waals surface area (Å²) < 4.78 is 7.17. The minimum atomic E-state index is 0.335. The molecule has 0 aliphatic carbocycles. The number of pyridine rings is 2. The molecule has 0 fully saturated rings. The topological polar surface area (TPSA) is 69.9 Å². The van der Waals surface area contributed by atoms with E-state index in [9.17, 15) is 4.79 Å². The van der Waals surface area contributed by atoms with Crippen molar-refractivity contribution in [3.63, 3.8) is 0 Å². The molecule has 0 spiro atoms. The Balaban J connectivity index is 2.37. The Morgan fingerprint density at radius 1 is 1.43 bits per heavy atom. The number of halogens is 1. The molecule has 0 aliphatic heterocycles. The van der Waals surface area contributed by atoms with Gasteiger partial charge in [-0.15, -0.1) is 0 Å². The predicted molar refractivity (Wildman–Crippen MR) is 78.9 cm³/mol. The Morgan fingerprint density at radius 2 is 2.24 bits per heavy atom. The number of hydrogen-bond acceptors (Lipinski definition) is 5. The second kappa shape index (κ2) is 5.68. The summed E-state index contributed by atoms with van der Waals surface area (Å²) in [6.45, 7) is 0. The van der Waals surface area contributed by atoms with Crippen molar-refractivity contribution in [2.24, 2.45) is 0 Å². The molecular weight excluding hydrogens is 484 g/mol. The SMILES string of the molecule is COc1n[n]([Tl])c2cc(Cl)nc(-c3ccnc(C=O)c3)c12. The zero-order chi connectivity index (χ0) is 15.0. The second-order valence-corrected chi connectivity index (χ2v) is 6.52. The van der Waals surface area contributed by atoms with E-state index in [1.165, 1.54) is 0 Å². The summed E-state index contributed by atoms with van der Waals surface area (Å²) in [6, 6.07) is 5.20. The molecule has 0 saturated carbocycles. The monoisotopic (exact) mass is 492 g/mol. The van der Waals surface area contributed by atoms with Gasteiger partial charge in [0.15, 0.2) is 0 Å². The van der Waals surface area contributed by atoms with E-state index in [4.69, 9.17) is 16.3 Å². The maximum atomic E-state index is 10.9. The molecule has 21 heavy (non-hydrogen) atoms. The van der Waals surface area contributed by atoms with Crippen LogP contribution in [0.4, 0.5) is 0 Å². The van der Waals surface area contributed by atoms with Gasteiger partial charge in [0.2, 0.25) is 0 Å². The van der Waals surface area contributed by atoms with Crippen LogP contribution in [0, 0.1) is 0 Å². The molecule has 0 radical (unpaired) electrons. The molecule has 0 atom stereocenters. The van der Waals surface area contributed by atoms with Crippen molar-refractivity contribution < 1.29 is 9.53 Å². The van der Waals surface area contributed by atoms with Crippen molar-refractivity contribution in [2.75, 3.05) is 7.11 Å². The van der Waals surface area contributed by atoms with Crippen LogP contribution >= 0.6 is 11.6 Å². The molecule has 0 saturated heterocycles. The number of methoxy groups -OCH3 is 1. The first-order valence-corrected chi connectivity index (χ1v) is 8.32. The zero-order valence-corrected chi connectivity index (χ0v) is 16.2. The number of carbonyl (C=O) groups excluding carboxylic acids is 1. The summed E-state index contributed by atoms with van der Waals surface area (Å²) in [5.41, 5.74) is 2.58. The van der Waals surface area contributed by atoms with E-state index in [0.717, 1.165) is 16.5 Å². The van der Waals surface area contributed by atoms with Crippen LogP contribution in [0.15, 0.2) is 24.4 Å². The van der Waals surface area contributed by atoms with Crippen molar-refractivity contribution in [1.29, 1.82) is 0 Å². The van der Waals surface area contributed by atoms with E-state index in [1.54, 1.807) is 31.5 Å². The van der Waals surface area contributed by atoms with Gasteiger partial charge in [0.25, 0.3) is 0 Å². The Kier molecular flexibility index (Phi) is 3.89. The molecule has 102 valence electrons. The summed E-state index contributed by atoms with van der Waals surface area (Å²) in [7, 11) is 1.56. The van der Waals surface area contributed by atoms with Crippen LogP contribution in [0.5, 0.6) is 5.88 Å². The van der Waals surface area contributed by atoms with Crippen molar-refractivity contribution in [3.05, 3.63) is 35.2 Å². The number of aldehydes is 1. The van der Waals surface area contributed by atoms with E-state index >= 15 is 0 Å². The summed E-state index contributed by atoms with van der Waals surface area (Å²) in [5, 5.41) is 5.51. The van der Waals surface area contributed by atoms with Gasteiger partial charge in [-0.25, -0.2) is 0 Å². The first-order chi connectivity index (χ1) is 10.1. The molecule has 3 heterocycles. The quantitative estimate of drug-likeness (QED) is 0.318. The van der Waals surface area contributed by atoms with Crippen LogP contribution in [0.2, 0.25) is 5.15 Å². The number of fused-ring (bicyclic) bond motifs is 1. The molecule has 6 nitrogen and oxygen atoms in total. The molecule has 0 aromatic carbocycles. The standard InChI is InChI=1S/C13H8ClN4O2.Tl/c1-20-13-11-9(17-18-13)5-10(14)16-12(11)7-2-3-15-8(4-7)6-19;/h2-6H,1H3;/q-1;+1. The number of aromatic nitrogens is 4. The summed E-state index contributed by atoms with van der Waals surface area (Å²) in [4.78, 5) is 19.2. The van der Waals surface area contributed by atoms with Crippen LogP contribution in [0.1, 0.15) is 10.5 Å². The number of nitrogens with zero attached hydrogens (tertiary/aromatic N) is 4. The summed E-state index contributed by atoms with van der Waals surface area (Å²) >= 11 is 6.58. The Bertz CT molecular complexity index is 850. The predicted octanol–water partition coefficient (Wildman–Crippen LogP) is 1.90. The van der Waals surface area contributed by atoms with Gasteiger partial charge in [-0.1, -0.05) is 0 Å². The van der Waals surface area contributed by atoms with Gasteiger partial charge < -0.3 is 0 Å². The van der Waals surface area contributed by atoms with Crippen molar-refractivity contribution >= 4 is 54.9 Å². The van der Waals surface area contributed by atoms with E-state index < -0.39 is 0 Å². The van der Waals surface area contributed by atoms with Crippen LogP contribution in [0.25, 0.3) is 22.2 Å². The van der Waals surface area contributed by atoms with Crippen molar-refractivity contribution in [2.45, 2.75) is 0 Å². The molecule has 0 bridgehead atoms. The Hall–Kier alpha value is -1.55. The van der Waals surface area contributed by atoms with Crippen LogP contribution in [0.3, 0.4) is 0 Å². The molecule has 0 unspecified atom stereocenters. The van der Waals surface area contributed by atoms with E-state index in [1.807, 2.05) is 2.49 Å². The van der Waals surface area contributed by atoms with Crippen LogP contribution in [-0.4, -0.2) is 57.0 Å². The Labute approximate surface area is 141 Å². The fraction of sp³-hybridized carbons (Fsp3) is 0.0769. The average molecular weight is 492 g/mol. The molecule has 0 N–H and O–H groups in total. The van der Waals surface area contributed by atoms with Gasteiger partial charge in [-0.3, -0.25) is 0 Å². The third-order valence-electron chi connectivity index (χ3n) is 3.00. The molecule has 3 aromatic heterocycles. The van der Waals surface area contributed by atoms with Gasteiger partial charge in [0.1, 0.15) is 0 Å². The average Bonchev–Trinajstić information content (AvgIpc) is 2.83. The zero-order valence-electron chi connectivity index (χ0n) is 10.9. The van der Waals surface area contributed by atoms with Crippen LogP contribution < -0.4 is 4.74 Å². The third kappa shape index (κ3) is 2.53. The molecule has 8 heteroatoms. The van der Waals surface area contributed by atoms with Gasteiger partial charge in [0.05, 0.1) is 0 Å². The Morgan fingerprint density at radius 3 is 2.95 bits per heavy atom. The number of hydrogen-bond donors (Lipinski definition) is 0. The minimum absolute atomic E-state index is 0.335. The number of ether oxygens (including phenoxy) is 1. The fourth-order valence-corrected chi connectivity index (χ4v) is 3.49. The molecule has 0 amide bonds. The van der Waals surface area contributed by atoms with E-state index in [2.05, 4.69) is 15.1 Å². The van der Waals surface area contributed by atoms with E-state index in [-0.39, 0.29) is 0 Å².